The molecule has 0 heterocycles. The van der Waals surface area contributed by atoms with Crippen LogP contribution in [-0.2, 0) is 0 Å². The van der Waals surface area contributed by atoms with Crippen molar-refractivity contribution in [3.05, 3.63) is 23.8 Å². The van der Waals surface area contributed by atoms with E-state index in [1.165, 1.54) is 25.7 Å². The zero-order valence-corrected chi connectivity index (χ0v) is 9.98. The summed E-state index contributed by atoms with van der Waals surface area (Å²) in [6.07, 6.45) is 7.43. The predicted molar refractivity (Wildman–Crippen MR) is 67.7 cm³/mol. The van der Waals surface area contributed by atoms with Gasteiger partial charge in [0.05, 0.1) is 11.8 Å². The molecular formula is C14H18N2O. The van der Waals surface area contributed by atoms with Crippen molar-refractivity contribution in [3.8, 4) is 11.8 Å². The van der Waals surface area contributed by atoms with Crippen LogP contribution in [0.15, 0.2) is 18.2 Å². The Bertz CT molecular complexity index is 415. The third-order valence-corrected chi connectivity index (χ3v) is 3.27. The van der Waals surface area contributed by atoms with Crippen LogP contribution >= 0.6 is 0 Å². The van der Waals surface area contributed by atoms with Crippen molar-refractivity contribution in [2.45, 2.75) is 44.6 Å². The van der Waals surface area contributed by atoms with Gasteiger partial charge in [0.15, 0.2) is 0 Å². The lowest BCUT2D eigenvalue weighted by Gasteiger charge is -2.18. The Morgan fingerprint density at radius 2 is 1.88 bits per heavy atom. The van der Waals surface area contributed by atoms with Crippen molar-refractivity contribution < 1.29 is 4.74 Å². The highest BCUT2D eigenvalue weighted by molar-refractivity contribution is 5.60. The van der Waals surface area contributed by atoms with E-state index in [-0.39, 0.29) is 6.10 Å². The summed E-state index contributed by atoms with van der Waals surface area (Å²) in [4.78, 5) is 0. The molecule has 0 spiro atoms. The lowest BCUT2D eigenvalue weighted by molar-refractivity contribution is 0.183. The van der Waals surface area contributed by atoms with E-state index in [1.54, 1.807) is 6.07 Å². The van der Waals surface area contributed by atoms with Gasteiger partial charge in [0.1, 0.15) is 17.4 Å². The van der Waals surface area contributed by atoms with Crippen molar-refractivity contribution in [2.75, 3.05) is 5.73 Å². The molecule has 0 unspecified atom stereocenters. The van der Waals surface area contributed by atoms with Gasteiger partial charge < -0.3 is 10.5 Å². The summed E-state index contributed by atoms with van der Waals surface area (Å²) >= 11 is 0. The molecule has 0 radical (unpaired) electrons. The first kappa shape index (κ1) is 11.8. The standard InChI is InChI=1S/C14H18N2O/c15-10-12-13(16)8-5-9-14(12)17-11-6-3-1-2-4-7-11/h5,8-9,11H,1-4,6-7,16H2. The Morgan fingerprint density at radius 1 is 1.18 bits per heavy atom. The second kappa shape index (κ2) is 5.58. The van der Waals surface area contributed by atoms with Gasteiger partial charge in [-0.15, -0.1) is 0 Å². The number of nitrogens with zero attached hydrogens (tertiary/aromatic N) is 1. The first-order valence-electron chi connectivity index (χ1n) is 6.26. The minimum atomic E-state index is 0.242. The van der Waals surface area contributed by atoms with E-state index in [2.05, 4.69) is 6.07 Å². The molecule has 3 nitrogen and oxygen atoms in total. The minimum Gasteiger partial charge on any atom is -0.489 e. The van der Waals surface area contributed by atoms with E-state index in [0.717, 1.165) is 12.8 Å². The Labute approximate surface area is 102 Å². The fourth-order valence-corrected chi connectivity index (χ4v) is 2.31. The van der Waals surface area contributed by atoms with Gasteiger partial charge in [-0.2, -0.15) is 5.26 Å². The molecular weight excluding hydrogens is 212 g/mol. The van der Waals surface area contributed by atoms with E-state index in [0.29, 0.717) is 17.0 Å². The topological polar surface area (TPSA) is 59.0 Å². The molecule has 0 saturated heterocycles. The highest BCUT2D eigenvalue weighted by atomic mass is 16.5. The van der Waals surface area contributed by atoms with Gasteiger partial charge in [-0.05, 0) is 37.8 Å². The third-order valence-electron chi connectivity index (χ3n) is 3.27. The third kappa shape index (κ3) is 2.91. The monoisotopic (exact) mass is 230 g/mol. The maximum Gasteiger partial charge on any atom is 0.139 e. The lowest BCUT2D eigenvalue weighted by atomic mass is 10.1. The zero-order valence-electron chi connectivity index (χ0n) is 9.98. The molecule has 0 amide bonds. The van der Waals surface area contributed by atoms with Crippen LogP contribution in [0.4, 0.5) is 5.69 Å². The van der Waals surface area contributed by atoms with Crippen molar-refractivity contribution in [1.82, 2.24) is 0 Å². The van der Waals surface area contributed by atoms with Crippen LogP contribution in [0.3, 0.4) is 0 Å². The summed E-state index contributed by atoms with van der Waals surface area (Å²) in [7, 11) is 0. The highest BCUT2D eigenvalue weighted by Crippen LogP contribution is 2.27. The molecule has 1 aliphatic carbocycles. The smallest absolute Gasteiger partial charge is 0.139 e. The molecule has 0 bridgehead atoms. The first-order chi connectivity index (χ1) is 8.31. The minimum absolute atomic E-state index is 0.242. The fraction of sp³-hybridized carbons (Fsp3) is 0.500. The number of hydrogen-bond donors (Lipinski definition) is 1. The zero-order chi connectivity index (χ0) is 12.1. The van der Waals surface area contributed by atoms with Crippen molar-refractivity contribution in [3.63, 3.8) is 0 Å². The molecule has 0 atom stereocenters. The molecule has 1 fully saturated rings. The van der Waals surface area contributed by atoms with Crippen LogP contribution in [0.1, 0.15) is 44.1 Å². The maximum absolute atomic E-state index is 9.07. The van der Waals surface area contributed by atoms with Gasteiger partial charge in [0.25, 0.3) is 0 Å². The summed E-state index contributed by atoms with van der Waals surface area (Å²) in [5, 5.41) is 9.07. The lowest BCUT2D eigenvalue weighted by Crippen LogP contribution is -2.16. The first-order valence-corrected chi connectivity index (χ1v) is 6.26. The van der Waals surface area contributed by atoms with Gasteiger partial charge in [0, 0.05) is 0 Å². The normalized spacial score (nSPS) is 17.1. The Balaban J connectivity index is 2.12. The maximum atomic E-state index is 9.07. The van der Waals surface area contributed by atoms with Crippen LogP contribution in [0.5, 0.6) is 5.75 Å². The Kier molecular flexibility index (Phi) is 3.87. The van der Waals surface area contributed by atoms with Gasteiger partial charge in [-0.3, -0.25) is 0 Å². The van der Waals surface area contributed by atoms with Gasteiger partial charge in [0.2, 0.25) is 0 Å². The van der Waals surface area contributed by atoms with Gasteiger partial charge in [-0.1, -0.05) is 18.9 Å². The van der Waals surface area contributed by atoms with Crippen LogP contribution in [0, 0.1) is 11.3 Å². The number of rotatable bonds is 2. The average Bonchev–Trinajstić information content (AvgIpc) is 2.58. The summed E-state index contributed by atoms with van der Waals surface area (Å²) in [5.74, 6) is 0.638. The van der Waals surface area contributed by atoms with E-state index >= 15 is 0 Å². The second-order valence-electron chi connectivity index (χ2n) is 4.56. The number of nitriles is 1. The molecule has 2 N–H and O–H groups in total. The van der Waals surface area contributed by atoms with E-state index < -0.39 is 0 Å². The summed E-state index contributed by atoms with van der Waals surface area (Å²) in [6.45, 7) is 0. The molecule has 3 heteroatoms. The molecule has 90 valence electrons. The molecule has 2 rings (SSSR count). The highest BCUT2D eigenvalue weighted by Gasteiger charge is 2.16. The number of anilines is 1. The number of ether oxygens (including phenoxy) is 1. The van der Waals surface area contributed by atoms with Gasteiger partial charge >= 0.3 is 0 Å². The largest absolute Gasteiger partial charge is 0.489 e. The van der Waals surface area contributed by atoms with Crippen LogP contribution in [0.25, 0.3) is 0 Å². The number of nitrogens with two attached hydrogens (primary N) is 1. The molecule has 1 aromatic rings. The average molecular weight is 230 g/mol. The number of hydrogen-bond acceptors (Lipinski definition) is 3. The van der Waals surface area contributed by atoms with Gasteiger partial charge in [-0.25, -0.2) is 0 Å². The number of nitrogen functional groups attached to an aromatic ring is 1. The summed E-state index contributed by atoms with van der Waals surface area (Å²) < 4.78 is 5.94. The van der Waals surface area contributed by atoms with Crippen LogP contribution in [0.2, 0.25) is 0 Å². The molecule has 17 heavy (non-hydrogen) atoms. The Morgan fingerprint density at radius 3 is 2.53 bits per heavy atom. The summed E-state index contributed by atoms with van der Waals surface area (Å²) in [6, 6.07) is 7.52. The molecule has 0 aromatic heterocycles. The van der Waals surface area contributed by atoms with Crippen LogP contribution in [-0.4, -0.2) is 6.10 Å². The Hall–Kier alpha value is -1.69. The van der Waals surface area contributed by atoms with E-state index in [4.69, 9.17) is 15.7 Å². The van der Waals surface area contributed by atoms with Crippen molar-refractivity contribution in [1.29, 1.82) is 5.26 Å². The molecule has 1 saturated carbocycles. The summed E-state index contributed by atoms with van der Waals surface area (Å²) in [5.41, 5.74) is 6.73. The second-order valence-corrected chi connectivity index (χ2v) is 4.56. The predicted octanol–water partition coefficient (Wildman–Crippen LogP) is 3.24. The number of benzene rings is 1. The van der Waals surface area contributed by atoms with E-state index in [9.17, 15) is 0 Å². The molecule has 1 aromatic carbocycles. The van der Waals surface area contributed by atoms with Crippen LogP contribution < -0.4 is 10.5 Å². The van der Waals surface area contributed by atoms with Crippen molar-refractivity contribution in [2.24, 2.45) is 0 Å². The fourth-order valence-electron chi connectivity index (χ4n) is 2.31. The molecule has 0 aliphatic heterocycles. The quantitative estimate of drug-likeness (QED) is 0.626. The van der Waals surface area contributed by atoms with E-state index in [1.807, 2.05) is 12.1 Å². The van der Waals surface area contributed by atoms with Crippen molar-refractivity contribution >= 4 is 5.69 Å². The SMILES string of the molecule is N#Cc1c(N)cccc1OC1CCCCCC1. The molecule has 1 aliphatic rings.